The maximum atomic E-state index is 11.8. The van der Waals surface area contributed by atoms with Crippen molar-refractivity contribution in [2.45, 2.75) is 25.4 Å². The Morgan fingerprint density at radius 3 is 2.88 bits per heavy atom. The Kier molecular flexibility index (Phi) is 4.22. The minimum absolute atomic E-state index is 0.0271. The molecular weight excluding hydrogens is 348 g/mol. The lowest BCUT2D eigenvalue weighted by Gasteiger charge is -2.10. The van der Waals surface area contributed by atoms with Crippen LogP contribution in [0.25, 0.3) is 0 Å². The molecule has 1 heterocycles. The standard InChI is InChI=1S/C12H14Br2N2O/c1-8(5-15-10-2-3-10)6-16-7-9(13)4-11(14)12(16)17/h4,7,10,15H,1-3,5-6H2. The fourth-order valence-corrected chi connectivity index (χ4v) is 2.81. The van der Waals surface area contributed by atoms with Crippen LogP contribution >= 0.6 is 31.9 Å². The zero-order chi connectivity index (χ0) is 12.4. The highest BCUT2D eigenvalue weighted by molar-refractivity contribution is 9.11. The second kappa shape index (κ2) is 5.50. The first-order valence-corrected chi connectivity index (χ1v) is 7.10. The first-order chi connectivity index (χ1) is 8.06. The van der Waals surface area contributed by atoms with Crippen molar-refractivity contribution in [3.8, 4) is 0 Å². The molecule has 1 N–H and O–H groups in total. The smallest absolute Gasteiger partial charge is 0.265 e. The Labute approximate surface area is 117 Å². The van der Waals surface area contributed by atoms with Crippen molar-refractivity contribution in [2.75, 3.05) is 6.54 Å². The van der Waals surface area contributed by atoms with Crippen molar-refractivity contribution in [3.05, 3.63) is 43.7 Å². The summed E-state index contributed by atoms with van der Waals surface area (Å²) in [6.07, 6.45) is 4.31. The van der Waals surface area contributed by atoms with Crippen molar-refractivity contribution in [2.24, 2.45) is 0 Å². The molecule has 0 aliphatic heterocycles. The van der Waals surface area contributed by atoms with Gasteiger partial charge in [0.1, 0.15) is 0 Å². The van der Waals surface area contributed by atoms with E-state index in [1.807, 2.05) is 0 Å². The van der Waals surface area contributed by atoms with Crippen molar-refractivity contribution in [3.63, 3.8) is 0 Å². The molecule has 0 atom stereocenters. The van der Waals surface area contributed by atoms with E-state index >= 15 is 0 Å². The largest absolute Gasteiger partial charge is 0.310 e. The predicted molar refractivity (Wildman–Crippen MR) is 76.3 cm³/mol. The van der Waals surface area contributed by atoms with Crippen LogP contribution in [-0.4, -0.2) is 17.2 Å². The molecule has 0 spiro atoms. The van der Waals surface area contributed by atoms with Crippen LogP contribution in [0.3, 0.4) is 0 Å². The van der Waals surface area contributed by atoms with Crippen molar-refractivity contribution in [1.29, 1.82) is 0 Å². The number of nitrogens with one attached hydrogen (secondary N) is 1. The molecule has 2 rings (SSSR count). The molecule has 1 aliphatic carbocycles. The third-order valence-corrected chi connectivity index (χ3v) is 3.62. The molecule has 0 unspecified atom stereocenters. The second-order valence-corrected chi connectivity index (χ2v) is 6.11. The second-order valence-electron chi connectivity index (χ2n) is 4.34. The van der Waals surface area contributed by atoms with E-state index in [2.05, 4.69) is 43.8 Å². The molecule has 17 heavy (non-hydrogen) atoms. The van der Waals surface area contributed by atoms with Gasteiger partial charge in [0, 0.05) is 29.8 Å². The molecule has 1 saturated carbocycles. The Morgan fingerprint density at radius 2 is 2.24 bits per heavy atom. The van der Waals surface area contributed by atoms with Crippen LogP contribution in [0.4, 0.5) is 0 Å². The highest BCUT2D eigenvalue weighted by Gasteiger charge is 2.20. The molecular formula is C12H14Br2N2O. The molecule has 0 aromatic carbocycles. The summed E-state index contributed by atoms with van der Waals surface area (Å²) in [5.74, 6) is 0. The summed E-state index contributed by atoms with van der Waals surface area (Å²) in [4.78, 5) is 11.8. The summed E-state index contributed by atoms with van der Waals surface area (Å²) < 4.78 is 3.10. The summed E-state index contributed by atoms with van der Waals surface area (Å²) >= 11 is 6.62. The van der Waals surface area contributed by atoms with E-state index < -0.39 is 0 Å². The maximum absolute atomic E-state index is 11.8. The topological polar surface area (TPSA) is 34.0 Å². The van der Waals surface area contributed by atoms with Gasteiger partial charge in [-0.2, -0.15) is 0 Å². The zero-order valence-electron chi connectivity index (χ0n) is 9.38. The van der Waals surface area contributed by atoms with Crippen LogP contribution in [0.2, 0.25) is 0 Å². The quantitative estimate of drug-likeness (QED) is 0.818. The molecule has 1 aromatic heterocycles. The van der Waals surface area contributed by atoms with Gasteiger partial charge in [-0.3, -0.25) is 4.79 Å². The normalized spacial score (nSPS) is 14.9. The SMILES string of the molecule is C=C(CNC1CC1)Cn1cc(Br)cc(Br)c1=O. The van der Waals surface area contributed by atoms with Crippen LogP contribution in [-0.2, 0) is 6.54 Å². The Bertz CT molecular complexity index is 492. The Morgan fingerprint density at radius 1 is 1.53 bits per heavy atom. The van der Waals surface area contributed by atoms with Crippen LogP contribution < -0.4 is 10.9 Å². The van der Waals surface area contributed by atoms with E-state index in [-0.39, 0.29) is 5.56 Å². The average Bonchev–Trinajstić information content (AvgIpc) is 3.06. The summed E-state index contributed by atoms with van der Waals surface area (Å²) in [7, 11) is 0. The molecule has 0 saturated heterocycles. The van der Waals surface area contributed by atoms with E-state index in [1.165, 1.54) is 12.8 Å². The lowest BCUT2D eigenvalue weighted by molar-refractivity contribution is 0.667. The number of nitrogens with zero attached hydrogens (tertiary/aromatic N) is 1. The molecule has 1 aliphatic rings. The number of rotatable bonds is 5. The van der Waals surface area contributed by atoms with Gasteiger partial charge in [-0.15, -0.1) is 0 Å². The van der Waals surface area contributed by atoms with Gasteiger partial charge < -0.3 is 9.88 Å². The third kappa shape index (κ3) is 3.79. The first kappa shape index (κ1) is 13.1. The number of hydrogen-bond acceptors (Lipinski definition) is 2. The minimum Gasteiger partial charge on any atom is -0.310 e. The fourth-order valence-electron chi connectivity index (χ4n) is 1.56. The van der Waals surface area contributed by atoms with Crippen molar-refractivity contribution in [1.82, 2.24) is 9.88 Å². The van der Waals surface area contributed by atoms with Gasteiger partial charge in [0.25, 0.3) is 5.56 Å². The highest BCUT2D eigenvalue weighted by atomic mass is 79.9. The number of pyridine rings is 1. The summed E-state index contributed by atoms with van der Waals surface area (Å²) in [6, 6.07) is 2.42. The third-order valence-electron chi connectivity index (χ3n) is 2.62. The van der Waals surface area contributed by atoms with E-state index in [9.17, 15) is 4.79 Å². The summed E-state index contributed by atoms with van der Waals surface area (Å²) in [5, 5.41) is 3.39. The van der Waals surface area contributed by atoms with E-state index in [0.29, 0.717) is 17.1 Å². The van der Waals surface area contributed by atoms with Gasteiger partial charge in [0.05, 0.1) is 4.47 Å². The summed E-state index contributed by atoms with van der Waals surface area (Å²) in [6.45, 7) is 5.33. The molecule has 1 aromatic rings. The summed E-state index contributed by atoms with van der Waals surface area (Å²) in [5.41, 5.74) is 0.991. The number of hydrogen-bond donors (Lipinski definition) is 1. The molecule has 0 radical (unpaired) electrons. The van der Waals surface area contributed by atoms with E-state index in [1.54, 1.807) is 16.8 Å². The molecule has 3 nitrogen and oxygen atoms in total. The maximum Gasteiger partial charge on any atom is 0.265 e. The van der Waals surface area contributed by atoms with Gasteiger partial charge in [0.15, 0.2) is 0 Å². The van der Waals surface area contributed by atoms with Gasteiger partial charge in [-0.05, 0) is 56.3 Å². The van der Waals surface area contributed by atoms with Crippen LogP contribution in [0.15, 0.2) is 38.2 Å². The lowest BCUT2D eigenvalue weighted by Crippen LogP contribution is -2.25. The fraction of sp³-hybridized carbons (Fsp3) is 0.417. The zero-order valence-corrected chi connectivity index (χ0v) is 12.6. The monoisotopic (exact) mass is 360 g/mol. The number of halogens is 2. The van der Waals surface area contributed by atoms with E-state index in [4.69, 9.17) is 0 Å². The minimum atomic E-state index is -0.0271. The average molecular weight is 362 g/mol. The van der Waals surface area contributed by atoms with Crippen molar-refractivity contribution >= 4 is 31.9 Å². The van der Waals surface area contributed by atoms with E-state index in [0.717, 1.165) is 16.6 Å². The first-order valence-electron chi connectivity index (χ1n) is 5.52. The Hall–Kier alpha value is -0.390. The molecule has 5 heteroatoms. The van der Waals surface area contributed by atoms with Crippen molar-refractivity contribution < 1.29 is 0 Å². The van der Waals surface area contributed by atoms with Gasteiger partial charge >= 0.3 is 0 Å². The Balaban J connectivity index is 2.01. The van der Waals surface area contributed by atoms with Gasteiger partial charge in [0.2, 0.25) is 0 Å². The van der Waals surface area contributed by atoms with Gasteiger partial charge in [-0.25, -0.2) is 0 Å². The van der Waals surface area contributed by atoms with Crippen LogP contribution in [0, 0.1) is 0 Å². The van der Waals surface area contributed by atoms with Gasteiger partial charge in [-0.1, -0.05) is 6.58 Å². The number of aromatic nitrogens is 1. The van der Waals surface area contributed by atoms with Crippen LogP contribution in [0.5, 0.6) is 0 Å². The molecule has 0 amide bonds. The molecule has 1 fully saturated rings. The van der Waals surface area contributed by atoms with Crippen LogP contribution in [0.1, 0.15) is 12.8 Å². The highest BCUT2D eigenvalue weighted by Crippen LogP contribution is 2.18. The predicted octanol–water partition coefficient (Wildman–Crippen LogP) is 2.68. The lowest BCUT2D eigenvalue weighted by atomic mass is 10.3. The molecule has 92 valence electrons. The molecule has 0 bridgehead atoms.